The van der Waals surface area contributed by atoms with E-state index >= 15 is 0 Å². The molecule has 2 rings (SSSR count). The molecule has 4 heteroatoms. The van der Waals surface area contributed by atoms with E-state index < -0.39 is 0 Å². The molecule has 0 saturated heterocycles. The fourth-order valence-electron chi connectivity index (χ4n) is 2.85. The van der Waals surface area contributed by atoms with Crippen LogP contribution in [0.3, 0.4) is 0 Å². The van der Waals surface area contributed by atoms with Crippen molar-refractivity contribution in [2.75, 3.05) is 11.9 Å². The van der Waals surface area contributed by atoms with E-state index in [1.165, 1.54) is 19.3 Å². The lowest BCUT2D eigenvalue weighted by Crippen LogP contribution is -2.47. The smallest absolute Gasteiger partial charge is 0.253 e. The summed E-state index contributed by atoms with van der Waals surface area (Å²) in [6, 6.07) is 5.41. The molecule has 0 bridgehead atoms. The molecule has 0 unspecified atom stereocenters. The SMILES string of the molecule is CCNc1ccc(Cl)cc1C(=O)NC1(C)CCCCC1. The summed E-state index contributed by atoms with van der Waals surface area (Å²) in [5.74, 6) is -0.0344. The summed E-state index contributed by atoms with van der Waals surface area (Å²) >= 11 is 6.03. The predicted molar refractivity (Wildman–Crippen MR) is 84.6 cm³/mol. The largest absolute Gasteiger partial charge is 0.385 e. The third-order valence-corrected chi connectivity index (χ3v) is 4.20. The predicted octanol–water partition coefficient (Wildman–Crippen LogP) is 4.22. The number of amides is 1. The molecule has 0 heterocycles. The van der Waals surface area contributed by atoms with Crippen molar-refractivity contribution in [1.29, 1.82) is 0 Å². The van der Waals surface area contributed by atoms with Gasteiger partial charge in [-0.2, -0.15) is 0 Å². The van der Waals surface area contributed by atoms with Gasteiger partial charge < -0.3 is 10.6 Å². The first kappa shape index (κ1) is 15.2. The van der Waals surface area contributed by atoms with Gasteiger partial charge in [-0.1, -0.05) is 30.9 Å². The Morgan fingerprint density at radius 1 is 1.30 bits per heavy atom. The topological polar surface area (TPSA) is 41.1 Å². The third kappa shape index (κ3) is 3.66. The second-order valence-electron chi connectivity index (χ2n) is 5.80. The van der Waals surface area contributed by atoms with E-state index in [4.69, 9.17) is 11.6 Å². The van der Waals surface area contributed by atoms with Crippen LogP contribution in [0.25, 0.3) is 0 Å². The van der Waals surface area contributed by atoms with Gasteiger partial charge in [0.05, 0.1) is 5.56 Å². The lowest BCUT2D eigenvalue weighted by molar-refractivity contribution is 0.0883. The molecule has 20 heavy (non-hydrogen) atoms. The molecule has 0 spiro atoms. The van der Waals surface area contributed by atoms with Crippen LogP contribution in [-0.4, -0.2) is 18.0 Å². The van der Waals surface area contributed by atoms with Gasteiger partial charge >= 0.3 is 0 Å². The van der Waals surface area contributed by atoms with Crippen molar-refractivity contribution < 1.29 is 4.79 Å². The molecule has 3 nitrogen and oxygen atoms in total. The van der Waals surface area contributed by atoms with Gasteiger partial charge in [0.25, 0.3) is 5.91 Å². The molecule has 0 radical (unpaired) electrons. The molecule has 1 aliphatic rings. The van der Waals surface area contributed by atoms with Crippen LogP contribution in [0.4, 0.5) is 5.69 Å². The number of halogens is 1. The fraction of sp³-hybridized carbons (Fsp3) is 0.562. The number of carbonyl (C=O) groups excluding carboxylic acids is 1. The summed E-state index contributed by atoms with van der Waals surface area (Å²) in [5, 5.41) is 7.00. The van der Waals surface area contributed by atoms with Crippen LogP contribution < -0.4 is 10.6 Å². The number of hydrogen-bond donors (Lipinski definition) is 2. The molecule has 1 saturated carbocycles. The molecular formula is C16H23ClN2O. The molecule has 0 aliphatic heterocycles. The van der Waals surface area contributed by atoms with E-state index in [1.807, 2.05) is 13.0 Å². The second kappa shape index (κ2) is 6.49. The highest BCUT2D eigenvalue weighted by molar-refractivity contribution is 6.31. The Balaban J connectivity index is 2.17. The maximum atomic E-state index is 12.6. The molecule has 1 aliphatic carbocycles. The maximum absolute atomic E-state index is 12.6. The van der Waals surface area contributed by atoms with E-state index in [9.17, 15) is 4.79 Å². The first-order valence-corrected chi connectivity index (χ1v) is 7.78. The molecule has 1 aromatic carbocycles. The number of anilines is 1. The Kier molecular flexibility index (Phi) is 4.92. The molecule has 0 aromatic heterocycles. The van der Waals surface area contributed by atoms with E-state index in [2.05, 4.69) is 17.6 Å². The van der Waals surface area contributed by atoms with Crippen LogP contribution in [0, 0.1) is 0 Å². The first-order chi connectivity index (χ1) is 9.54. The molecule has 0 atom stereocenters. The third-order valence-electron chi connectivity index (χ3n) is 3.97. The van der Waals surface area contributed by atoms with Crippen LogP contribution >= 0.6 is 11.6 Å². The minimum Gasteiger partial charge on any atom is -0.385 e. The molecule has 2 N–H and O–H groups in total. The van der Waals surface area contributed by atoms with E-state index in [0.29, 0.717) is 10.6 Å². The Labute approximate surface area is 126 Å². The van der Waals surface area contributed by atoms with Crippen molar-refractivity contribution >= 4 is 23.2 Å². The number of benzene rings is 1. The van der Waals surface area contributed by atoms with Crippen molar-refractivity contribution in [3.63, 3.8) is 0 Å². The summed E-state index contributed by atoms with van der Waals surface area (Å²) < 4.78 is 0. The van der Waals surface area contributed by atoms with Gasteiger partial charge in [0.15, 0.2) is 0 Å². The summed E-state index contributed by atoms with van der Waals surface area (Å²) in [6.45, 7) is 4.93. The van der Waals surface area contributed by atoms with Crippen LogP contribution in [0.1, 0.15) is 56.3 Å². The zero-order valence-corrected chi connectivity index (χ0v) is 13.0. The minimum absolute atomic E-state index is 0.0344. The second-order valence-corrected chi connectivity index (χ2v) is 6.23. The standard InChI is InChI=1S/C16H23ClN2O/c1-3-18-14-8-7-12(17)11-13(14)15(20)19-16(2)9-5-4-6-10-16/h7-8,11,18H,3-6,9-10H2,1-2H3,(H,19,20). The van der Waals surface area contributed by atoms with Gasteiger partial charge in [0.2, 0.25) is 0 Å². The van der Waals surface area contributed by atoms with E-state index in [0.717, 1.165) is 25.1 Å². The van der Waals surface area contributed by atoms with Gasteiger partial charge in [-0.25, -0.2) is 0 Å². The Morgan fingerprint density at radius 3 is 2.65 bits per heavy atom. The lowest BCUT2D eigenvalue weighted by Gasteiger charge is -2.34. The van der Waals surface area contributed by atoms with Gasteiger partial charge in [-0.15, -0.1) is 0 Å². The zero-order chi connectivity index (χ0) is 14.6. The average molecular weight is 295 g/mol. The minimum atomic E-state index is -0.0822. The molecule has 1 amide bonds. The van der Waals surface area contributed by atoms with E-state index in [-0.39, 0.29) is 11.4 Å². The fourth-order valence-corrected chi connectivity index (χ4v) is 3.02. The molecule has 110 valence electrons. The maximum Gasteiger partial charge on any atom is 0.253 e. The molecule has 1 aromatic rings. The van der Waals surface area contributed by atoms with Crippen LogP contribution in [0.15, 0.2) is 18.2 Å². The van der Waals surface area contributed by atoms with Crippen LogP contribution in [0.5, 0.6) is 0 Å². The van der Waals surface area contributed by atoms with Crippen molar-refractivity contribution in [1.82, 2.24) is 5.32 Å². The number of hydrogen-bond acceptors (Lipinski definition) is 2. The summed E-state index contributed by atoms with van der Waals surface area (Å²) in [6.07, 6.45) is 5.75. The highest BCUT2D eigenvalue weighted by atomic mass is 35.5. The van der Waals surface area contributed by atoms with Crippen molar-refractivity contribution in [3.8, 4) is 0 Å². The summed E-state index contributed by atoms with van der Waals surface area (Å²) in [4.78, 5) is 12.6. The number of carbonyl (C=O) groups is 1. The van der Waals surface area contributed by atoms with Crippen LogP contribution in [-0.2, 0) is 0 Å². The van der Waals surface area contributed by atoms with Gasteiger partial charge in [0.1, 0.15) is 0 Å². The van der Waals surface area contributed by atoms with Gasteiger partial charge in [-0.05, 0) is 44.9 Å². The molecular weight excluding hydrogens is 272 g/mol. The van der Waals surface area contributed by atoms with Gasteiger partial charge in [0, 0.05) is 22.8 Å². The Morgan fingerprint density at radius 2 is 2.00 bits per heavy atom. The number of nitrogens with one attached hydrogen (secondary N) is 2. The lowest BCUT2D eigenvalue weighted by atomic mass is 9.83. The van der Waals surface area contributed by atoms with Gasteiger partial charge in [-0.3, -0.25) is 4.79 Å². The summed E-state index contributed by atoms with van der Waals surface area (Å²) in [5.41, 5.74) is 1.39. The first-order valence-electron chi connectivity index (χ1n) is 7.40. The normalized spacial score (nSPS) is 17.6. The Bertz CT molecular complexity index is 481. The van der Waals surface area contributed by atoms with E-state index in [1.54, 1.807) is 12.1 Å². The average Bonchev–Trinajstić information content (AvgIpc) is 2.41. The van der Waals surface area contributed by atoms with Crippen molar-refractivity contribution in [2.24, 2.45) is 0 Å². The van der Waals surface area contributed by atoms with Crippen molar-refractivity contribution in [2.45, 2.75) is 51.5 Å². The number of rotatable bonds is 4. The summed E-state index contributed by atoms with van der Waals surface area (Å²) in [7, 11) is 0. The zero-order valence-electron chi connectivity index (χ0n) is 12.3. The van der Waals surface area contributed by atoms with Crippen molar-refractivity contribution in [3.05, 3.63) is 28.8 Å². The Hall–Kier alpha value is -1.22. The highest BCUT2D eigenvalue weighted by Gasteiger charge is 2.29. The highest BCUT2D eigenvalue weighted by Crippen LogP contribution is 2.29. The molecule has 1 fully saturated rings. The monoisotopic (exact) mass is 294 g/mol. The quantitative estimate of drug-likeness (QED) is 0.873. The van der Waals surface area contributed by atoms with Crippen LogP contribution in [0.2, 0.25) is 5.02 Å².